The van der Waals surface area contributed by atoms with Crippen molar-refractivity contribution in [3.63, 3.8) is 0 Å². The molecule has 19 heavy (non-hydrogen) atoms. The molecule has 0 radical (unpaired) electrons. The molecule has 1 aromatic rings. The fourth-order valence-corrected chi connectivity index (χ4v) is 2.87. The van der Waals surface area contributed by atoms with Crippen LogP contribution in [0.1, 0.15) is 57.4 Å². The first-order chi connectivity index (χ1) is 9.22. The van der Waals surface area contributed by atoms with E-state index in [1.165, 1.54) is 24.8 Å². The maximum absolute atomic E-state index is 10.5. The lowest BCUT2D eigenvalue weighted by Gasteiger charge is -2.32. The van der Waals surface area contributed by atoms with Crippen molar-refractivity contribution >= 4 is 5.69 Å². The Morgan fingerprint density at radius 2 is 2.00 bits per heavy atom. The zero-order valence-corrected chi connectivity index (χ0v) is 12.1. The van der Waals surface area contributed by atoms with Crippen LogP contribution in [0.2, 0.25) is 0 Å². The van der Waals surface area contributed by atoms with Crippen LogP contribution < -0.4 is 5.32 Å². The molecule has 1 fully saturated rings. The van der Waals surface area contributed by atoms with Crippen molar-refractivity contribution in [3.8, 4) is 0 Å². The molecule has 2 rings (SSSR count). The molecular weight excluding hydrogens is 234 g/mol. The second-order valence-electron chi connectivity index (χ2n) is 5.94. The maximum Gasteiger partial charge on any atom is 0.0819 e. The quantitative estimate of drug-likeness (QED) is 0.806. The lowest BCUT2D eigenvalue weighted by molar-refractivity contribution is 0.0167. The highest BCUT2D eigenvalue weighted by Gasteiger charge is 2.28. The largest absolute Gasteiger partial charge is 0.388 e. The van der Waals surface area contributed by atoms with E-state index in [0.29, 0.717) is 6.54 Å². The van der Waals surface area contributed by atoms with Gasteiger partial charge in [-0.1, -0.05) is 44.7 Å². The first-order valence-electron chi connectivity index (χ1n) is 7.77. The topological polar surface area (TPSA) is 32.3 Å². The average Bonchev–Trinajstić information content (AvgIpc) is 2.44. The summed E-state index contributed by atoms with van der Waals surface area (Å²) >= 11 is 0. The predicted molar refractivity (Wildman–Crippen MR) is 81.6 cm³/mol. The minimum atomic E-state index is -0.488. The summed E-state index contributed by atoms with van der Waals surface area (Å²) in [5, 5.41) is 13.9. The van der Waals surface area contributed by atoms with Crippen LogP contribution in [0.15, 0.2) is 24.3 Å². The van der Waals surface area contributed by atoms with E-state index in [2.05, 4.69) is 36.5 Å². The van der Waals surface area contributed by atoms with Crippen molar-refractivity contribution in [3.05, 3.63) is 29.8 Å². The van der Waals surface area contributed by atoms with Crippen molar-refractivity contribution in [1.82, 2.24) is 0 Å². The molecule has 0 bridgehead atoms. The van der Waals surface area contributed by atoms with Crippen molar-refractivity contribution in [2.45, 2.75) is 63.9 Å². The minimum Gasteiger partial charge on any atom is -0.388 e. The highest BCUT2D eigenvalue weighted by molar-refractivity contribution is 5.46. The van der Waals surface area contributed by atoms with Crippen LogP contribution >= 0.6 is 0 Å². The minimum absolute atomic E-state index is 0.488. The smallest absolute Gasteiger partial charge is 0.0819 e. The number of rotatable bonds is 6. The van der Waals surface area contributed by atoms with Crippen molar-refractivity contribution in [1.29, 1.82) is 0 Å². The van der Waals surface area contributed by atoms with Gasteiger partial charge >= 0.3 is 0 Å². The van der Waals surface area contributed by atoms with E-state index in [4.69, 9.17) is 0 Å². The second kappa shape index (κ2) is 6.95. The number of nitrogens with one attached hydrogen (secondary N) is 1. The SMILES string of the molecule is CCCCc1cccc(NCC2(O)CCCCC2)c1. The van der Waals surface area contributed by atoms with Crippen molar-refractivity contribution < 1.29 is 5.11 Å². The number of aliphatic hydroxyl groups is 1. The first kappa shape index (κ1) is 14.4. The number of hydrogen-bond donors (Lipinski definition) is 2. The fourth-order valence-electron chi connectivity index (χ4n) is 2.87. The third-order valence-corrected chi connectivity index (χ3v) is 4.15. The Hall–Kier alpha value is -1.02. The molecule has 1 aliphatic rings. The van der Waals surface area contributed by atoms with E-state index < -0.39 is 5.60 Å². The molecular formula is C17H27NO. The maximum atomic E-state index is 10.5. The van der Waals surface area contributed by atoms with Gasteiger partial charge in [0.15, 0.2) is 0 Å². The van der Waals surface area contributed by atoms with E-state index >= 15 is 0 Å². The van der Waals surface area contributed by atoms with Gasteiger partial charge in [-0.15, -0.1) is 0 Å². The number of unbranched alkanes of at least 4 members (excludes halogenated alkanes) is 1. The summed E-state index contributed by atoms with van der Waals surface area (Å²) < 4.78 is 0. The van der Waals surface area contributed by atoms with E-state index in [9.17, 15) is 5.11 Å². The Bertz CT molecular complexity index is 383. The zero-order chi connectivity index (χ0) is 13.6. The van der Waals surface area contributed by atoms with Crippen molar-refractivity contribution in [2.75, 3.05) is 11.9 Å². The molecule has 2 heteroatoms. The van der Waals surface area contributed by atoms with Crippen LogP contribution in [-0.4, -0.2) is 17.3 Å². The Morgan fingerprint density at radius 1 is 1.21 bits per heavy atom. The highest BCUT2D eigenvalue weighted by Crippen LogP contribution is 2.28. The summed E-state index contributed by atoms with van der Waals surface area (Å²) in [4.78, 5) is 0. The summed E-state index contributed by atoms with van der Waals surface area (Å²) in [6.07, 6.45) is 9.10. The molecule has 2 N–H and O–H groups in total. The lowest BCUT2D eigenvalue weighted by Crippen LogP contribution is -2.38. The van der Waals surface area contributed by atoms with Gasteiger partial charge in [-0.3, -0.25) is 0 Å². The van der Waals surface area contributed by atoms with Crippen LogP contribution in [0.3, 0.4) is 0 Å². The summed E-state index contributed by atoms with van der Waals surface area (Å²) in [6.45, 7) is 2.91. The summed E-state index contributed by atoms with van der Waals surface area (Å²) in [6, 6.07) is 8.62. The molecule has 1 saturated carbocycles. The standard InChI is InChI=1S/C17H27NO/c1-2-3-8-15-9-7-10-16(13-15)18-14-17(19)11-5-4-6-12-17/h7,9-10,13,18-19H,2-6,8,11-12,14H2,1H3. The highest BCUT2D eigenvalue weighted by atomic mass is 16.3. The monoisotopic (exact) mass is 261 g/mol. The number of hydrogen-bond acceptors (Lipinski definition) is 2. The number of aryl methyl sites for hydroxylation is 1. The van der Waals surface area contributed by atoms with Crippen LogP contribution in [0.5, 0.6) is 0 Å². The first-order valence-corrected chi connectivity index (χ1v) is 7.77. The molecule has 0 amide bonds. The molecule has 0 atom stereocenters. The zero-order valence-electron chi connectivity index (χ0n) is 12.1. The Kier molecular flexibility index (Phi) is 5.26. The third-order valence-electron chi connectivity index (χ3n) is 4.15. The van der Waals surface area contributed by atoms with Crippen LogP contribution in [-0.2, 0) is 6.42 Å². The predicted octanol–water partition coefficient (Wildman–Crippen LogP) is 4.14. The lowest BCUT2D eigenvalue weighted by atomic mass is 9.85. The molecule has 0 saturated heterocycles. The summed E-state index contributed by atoms with van der Waals surface area (Å²) in [5.41, 5.74) is 2.05. The van der Waals surface area contributed by atoms with E-state index in [1.807, 2.05) is 0 Å². The Balaban J connectivity index is 1.88. The van der Waals surface area contributed by atoms with Gasteiger partial charge in [-0.2, -0.15) is 0 Å². The molecule has 1 aromatic carbocycles. The van der Waals surface area contributed by atoms with Gasteiger partial charge in [0.1, 0.15) is 0 Å². The van der Waals surface area contributed by atoms with Gasteiger partial charge in [-0.25, -0.2) is 0 Å². The van der Waals surface area contributed by atoms with Crippen molar-refractivity contribution in [2.24, 2.45) is 0 Å². The Labute approximate surface area is 117 Å². The summed E-state index contributed by atoms with van der Waals surface area (Å²) in [5.74, 6) is 0. The van der Waals surface area contributed by atoms with Gasteiger partial charge in [0.25, 0.3) is 0 Å². The Morgan fingerprint density at radius 3 is 2.74 bits per heavy atom. The average molecular weight is 261 g/mol. The van der Waals surface area contributed by atoms with Gasteiger partial charge in [-0.05, 0) is 43.4 Å². The fraction of sp³-hybridized carbons (Fsp3) is 0.647. The number of anilines is 1. The molecule has 0 unspecified atom stereocenters. The van der Waals surface area contributed by atoms with E-state index in [-0.39, 0.29) is 0 Å². The molecule has 106 valence electrons. The molecule has 1 aliphatic carbocycles. The number of benzene rings is 1. The van der Waals surface area contributed by atoms with Gasteiger partial charge < -0.3 is 10.4 Å². The molecule has 2 nitrogen and oxygen atoms in total. The molecule has 0 aromatic heterocycles. The molecule has 0 spiro atoms. The van der Waals surface area contributed by atoms with Crippen LogP contribution in [0, 0.1) is 0 Å². The van der Waals surface area contributed by atoms with Crippen LogP contribution in [0.25, 0.3) is 0 Å². The molecule has 0 heterocycles. The summed E-state index contributed by atoms with van der Waals surface area (Å²) in [7, 11) is 0. The molecule has 0 aliphatic heterocycles. The van der Waals surface area contributed by atoms with Gasteiger partial charge in [0.05, 0.1) is 5.60 Å². The van der Waals surface area contributed by atoms with E-state index in [0.717, 1.165) is 37.8 Å². The van der Waals surface area contributed by atoms with E-state index in [1.54, 1.807) is 0 Å². The van der Waals surface area contributed by atoms with Crippen LogP contribution in [0.4, 0.5) is 5.69 Å². The van der Waals surface area contributed by atoms with Gasteiger partial charge in [0, 0.05) is 12.2 Å². The second-order valence-corrected chi connectivity index (χ2v) is 5.94. The third kappa shape index (κ3) is 4.54. The van der Waals surface area contributed by atoms with Gasteiger partial charge in [0.2, 0.25) is 0 Å². The normalized spacial score (nSPS) is 18.2.